The number of rotatable bonds is 20. The maximum Gasteiger partial charge on any atom is 0.472 e. The summed E-state index contributed by atoms with van der Waals surface area (Å²) >= 11 is 5.38. The first-order chi connectivity index (χ1) is 12.5. The Balaban J connectivity index is 3.27. The van der Waals surface area contributed by atoms with Crippen molar-refractivity contribution in [3.63, 3.8) is 0 Å². The number of hydrogen-bond donors (Lipinski definition) is 2. The Morgan fingerprint density at radius 1 is 0.808 bits per heavy atom. The van der Waals surface area contributed by atoms with Crippen LogP contribution in [0.15, 0.2) is 0 Å². The lowest BCUT2D eigenvalue weighted by Gasteiger charge is -2.13. The van der Waals surface area contributed by atoms with Crippen molar-refractivity contribution < 1.29 is 23.6 Å². The molecule has 5 nitrogen and oxygen atoms in total. The largest absolute Gasteiger partial charge is 0.472 e. The SMILES string of the molecule is CCCCCCCCCCCCCCCCOP(=O)(O)OCC(O)CCl. The van der Waals surface area contributed by atoms with Crippen molar-refractivity contribution in [3.8, 4) is 0 Å². The summed E-state index contributed by atoms with van der Waals surface area (Å²) < 4.78 is 21.0. The van der Waals surface area contributed by atoms with Crippen LogP contribution < -0.4 is 0 Å². The highest BCUT2D eigenvalue weighted by Crippen LogP contribution is 2.43. The molecule has 7 heteroatoms. The normalized spacial score (nSPS) is 15.1. The van der Waals surface area contributed by atoms with Crippen molar-refractivity contribution in [2.24, 2.45) is 0 Å². The number of alkyl halides is 1. The highest BCUT2D eigenvalue weighted by Gasteiger charge is 2.22. The minimum atomic E-state index is -4.06. The molecule has 2 atom stereocenters. The van der Waals surface area contributed by atoms with Crippen molar-refractivity contribution in [3.05, 3.63) is 0 Å². The Hall–Kier alpha value is 0.360. The van der Waals surface area contributed by atoms with E-state index >= 15 is 0 Å². The summed E-state index contributed by atoms with van der Waals surface area (Å²) in [5.74, 6) is -0.0427. The maximum atomic E-state index is 11.5. The van der Waals surface area contributed by atoms with E-state index in [0.29, 0.717) is 0 Å². The van der Waals surface area contributed by atoms with Gasteiger partial charge in [-0.25, -0.2) is 4.57 Å². The zero-order chi connectivity index (χ0) is 19.5. The predicted octanol–water partition coefficient (Wildman–Crippen LogP) is 6.20. The third-order valence-electron chi connectivity index (χ3n) is 4.36. The van der Waals surface area contributed by atoms with Crippen LogP contribution >= 0.6 is 19.4 Å². The van der Waals surface area contributed by atoms with E-state index in [0.717, 1.165) is 19.3 Å². The molecule has 0 aliphatic heterocycles. The second-order valence-corrected chi connectivity index (χ2v) is 8.76. The molecule has 0 saturated carbocycles. The molecule has 2 N–H and O–H groups in total. The van der Waals surface area contributed by atoms with Gasteiger partial charge in [0, 0.05) is 0 Å². The highest BCUT2D eigenvalue weighted by atomic mass is 35.5. The van der Waals surface area contributed by atoms with Crippen LogP contribution in [-0.2, 0) is 13.6 Å². The Labute approximate surface area is 165 Å². The Morgan fingerprint density at radius 3 is 1.65 bits per heavy atom. The van der Waals surface area contributed by atoms with Crippen molar-refractivity contribution >= 4 is 19.4 Å². The maximum absolute atomic E-state index is 11.5. The summed E-state index contributed by atoms with van der Waals surface area (Å²) in [5, 5.41) is 9.18. The summed E-state index contributed by atoms with van der Waals surface area (Å²) in [5.41, 5.74) is 0. The number of halogens is 1. The topological polar surface area (TPSA) is 76.0 Å². The average molecular weight is 415 g/mol. The van der Waals surface area contributed by atoms with Crippen molar-refractivity contribution in [1.29, 1.82) is 0 Å². The molecule has 158 valence electrons. The third-order valence-corrected chi connectivity index (χ3v) is 5.70. The van der Waals surface area contributed by atoms with Crippen LogP contribution in [0.1, 0.15) is 96.8 Å². The third kappa shape index (κ3) is 19.1. The lowest BCUT2D eigenvalue weighted by molar-refractivity contribution is 0.0840. The first-order valence-electron chi connectivity index (χ1n) is 10.4. The van der Waals surface area contributed by atoms with E-state index in [2.05, 4.69) is 11.4 Å². The second-order valence-electron chi connectivity index (χ2n) is 7.00. The van der Waals surface area contributed by atoms with Gasteiger partial charge >= 0.3 is 7.82 Å². The Morgan fingerprint density at radius 2 is 1.23 bits per heavy atom. The molecule has 0 spiro atoms. The molecule has 0 aromatic carbocycles. The molecule has 0 aliphatic rings. The van der Waals surface area contributed by atoms with Gasteiger partial charge in [-0.2, -0.15) is 0 Å². The van der Waals surface area contributed by atoms with Crippen molar-refractivity contribution in [2.45, 2.75) is 103 Å². The van der Waals surface area contributed by atoms with Gasteiger partial charge in [-0.15, -0.1) is 11.6 Å². The zero-order valence-electron chi connectivity index (χ0n) is 16.5. The van der Waals surface area contributed by atoms with Gasteiger partial charge in [-0.1, -0.05) is 90.4 Å². The lowest BCUT2D eigenvalue weighted by Crippen LogP contribution is -2.16. The molecule has 0 radical (unpaired) electrons. The van der Waals surface area contributed by atoms with Crippen LogP contribution in [-0.4, -0.2) is 35.2 Å². The Kier molecular flexibility index (Phi) is 19.0. The number of aliphatic hydroxyl groups is 1. The van der Waals surface area contributed by atoms with Crippen LogP contribution in [0, 0.1) is 0 Å². The van der Waals surface area contributed by atoms with Gasteiger partial charge in [0.2, 0.25) is 0 Å². The van der Waals surface area contributed by atoms with Crippen LogP contribution in [0.5, 0.6) is 0 Å². The quantitative estimate of drug-likeness (QED) is 0.141. The molecule has 0 saturated heterocycles. The summed E-state index contributed by atoms with van der Waals surface area (Å²) in [7, 11) is -4.06. The summed E-state index contributed by atoms with van der Waals surface area (Å²) in [4.78, 5) is 9.42. The molecule has 0 rings (SSSR count). The van der Waals surface area contributed by atoms with Crippen LogP contribution in [0.4, 0.5) is 0 Å². The Bertz CT molecular complexity index is 344. The second kappa shape index (κ2) is 18.7. The van der Waals surface area contributed by atoms with Gasteiger partial charge in [0.05, 0.1) is 25.2 Å². The standard InChI is InChI=1S/C19H40ClO5P/c1-2-3-4-5-6-7-8-9-10-11-12-13-14-15-16-24-26(22,23)25-18-19(21)17-20/h19,21H,2-18H2,1H3,(H,22,23). The predicted molar refractivity (Wildman–Crippen MR) is 109 cm³/mol. The molecule has 0 aromatic heterocycles. The summed E-state index contributed by atoms with van der Waals surface area (Å²) in [6.07, 6.45) is 16.7. The van der Waals surface area contributed by atoms with Crippen LogP contribution in [0.3, 0.4) is 0 Å². The molecule has 0 bridgehead atoms. The molecule has 0 fully saturated rings. The number of phosphoric ester groups is 1. The molecular weight excluding hydrogens is 375 g/mol. The van der Waals surface area contributed by atoms with Crippen molar-refractivity contribution in [1.82, 2.24) is 0 Å². The highest BCUT2D eigenvalue weighted by molar-refractivity contribution is 7.47. The van der Waals surface area contributed by atoms with E-state index in [1.165, 1.54) is 70.6 Å². The van der Waals surface area contributed by atoms with Gasteiger partial charge in [0.1, 0.15) is 0 Å². The zero-order valence-corrected chi connectivity index (χ0v) is 18.2. The van der Waals surface area contributed by atoms with Crippen LogP contribution in [0.2, 0.25) is 0 Å². The smallest absolute Gasteiger partial charge is 0.389 e. The van der Waals surface area contributed by atoms with Crippen molar-refractivity contribution in [2.75, 3.05) is 19.1 Å². The van der Waals surface area contributed by atoms with Gasteiger partial charge in [0.15, 0.2) is 0 Å². The van der Waals surface area contributed by atoms with E-state index in [-0.39, 0.29) is 19.1 Å². The minimum Gasteiger partial charge on any atom is -0.389 e. The monoisotopic (exact) mass is 414 g/mol. The molecular formula is C19H40ClO5P. The summed E-state index contributed by atoms with van der Waals surface area (Å²) in [6, 6.07) is 0. The van der Waals surface area contributed by atoms with E-state index in [4.69, 9.17) is 16.1 Å². The number of aliphatic hydroxyl groups excluding tert-OH is 1. The van der Waals surface area contributed by atoms with E-state index in [1.807, 2.05) is 0 Å². The number of hydrogen-bond acceptors (Lipinski definition) is 4. The number of phosphoric acid groups is 1. The van der Waals surface area contributed by atoms with Gasteiger partial charge in [-0.3, -0.25) is 9.05 Å². The molecule has 0 aliphatic carbocycles. The molecule has 26 heavy (non-hydrogen) atoms. The van der Waals surface area contributed by atoms with Gasteiger partial charge < -0.3 is 10.00 Å². The molecule has 0 heterocycles. The first kappa shape index (κ1) is 26.4. The van der Waals surface area contributed by atoms with E-state index < -0.39 is 13.9 Å². The van der Waals surface area contributed by atoms with Gasteiger partial charge in [-0.05, 0) is 6.42 Å². The first-order valence-corrected chi connectivity index (χ1v) is 12.4. The molecule has 0 aromatic rings. The average Bonchev–Trinajstić information content (AvgIpc) is 2.63. The fraction of sp³-hybridized carbons (Fsp3) is 1.00. The fourth-order valence-corrected chi connectivity index (χ4v) is 3.62. The summed E-state index contributed by atoms with van der Waals surface area (Å²) in [6.45, 7) is 2.15. The molecule has 0 amide bonds. The van der Waals surface area contributed by atoms with E-state index in [9.17, 15) is 14.6 Å². The fourth-order valence-electron chi connectivity index (χ4n) is 2.74. The number of unbranched alkanes of at least 4 members (excludes halogenated alkanes) is 13. The lowest BCUT2D eigenvalue weighted by atomic mass is 10.0. The van der Waals surface area contributed by atoms with Gasteiger partial charge in [0.25, 0.3) is 0 Å². The minimum absolute atomic E-state index is 0.0427. The van der Waals surface area contributed by atoms with Crippen LogP contribution in [0.25, 0.3) is 0 Å². The molecule has 2 unspecified atom stereocenters. The van der Waals surface area contributed by atoms with E-state index in [1.54, 1.807) is 0 Å².